The van der Waals surface area contributed by atoms with Gasteiger partial charge in [-0.3, -0.25) is 4.79 Å². The third-order valence-electron chi connectivity index (χ3n) is 10.4. The molecule has 10 heteroatoms. The lowest BCUT2D eigenvalue weighted by atomic mass is 9.85. The van der Waals surface area contributed by atoms with Crippen LogP contribution >= 0.6 is 63.7 Å². The smallest absolute Gasteiger partial charge is 0.361 e. The number of benzene rings is 4. The molecule has 318 valence electrons. The number of hydrogen-bond acceptors (Lipinski definition) is 5. The van der Waals surface area contributed by atoms with Gasteiger partial charge in [0.15, 0.2) is 5.78 Å². The minimum Gasteiger partial charge on any atom is -0.871 e. The molecule has 0 fully saturated rings. The van der Waals surface area contributed by atoms with Gasteiger partial charge >= 0.3 is 11.5 Å². The lowest BCUT2D eigenvalue weighted by Gasteiger charge is -2.29. The fourth-order valence-corrected chi connectivity index (χ4v) is 8.11. The predicted octanol–water partition coefficient (Wildman–Crippen LogP) is 14.7. The predicted molar refractivity (Wildman–Crippen MR) is 261 cm³/mol. The average molecular weight is 1090 g/mol. The number of rotatable bonds is 16. The minimum atomic E-state index is -0.335. The van der Waals surface area contributed by atoms with Crippen LogP contribution in [0.2, 0.25) is 0 Å². The first kappa shape index (κ1) is 45.9. The molecule has 0 amide bonds. The molecule has 0 atom stereocenters. The Morgan fingerprint density at radius 2 is 1.19 bits per heavy atom. The molecule has 1 aromatic heterocycles. The van der Waals surface area contributed by atoms with Gasteiger partial charge in [-0.1, -0.05) is 82.0 Å². The summed E-state index contributed by atoms with van der Waals surface area (Å²) in [7, 11) is 0. The monoisotopic (exact) mass is 1080 g/mol. The van der Waals surface area contributed by atoms with Gasteiger partial charge in [0.2, 0.25) is 0 Å². The zero-order valence-electron chi connectivity index (χ0n) is 34.9. The van der Waals surface area contributed by atoms with Crippen LogP contribution in [-0.2, 0) is 32.2 Å². The molecule has 5 aromatic rings. The molecule has 2 heterocycles. The highest BCUT2D eigenvalue weighted by molar-refractivity contribution is 9.13. The van der Waals surface area contributed by atoms with E-state index in [1.54, 1.807) is 12.2 Å². The van der Waals surface area contributed by atoms with Gasteiger partial charge in [-0.05, 0) is 171 Å². The van der Waals surface area contributed by atoms with Crippen LogP contribution in [0, 0.1) is 11.8 Å². The highest BCUT2D eigenvalue weighted by Crippen LogP contribution is 2.39. The normalized spacial score (nSPS) is 15.4. The lowest BCUT2D eigenvalue weighted by molar-refractivity contribution is -0.300. The number of ether oxygens (including phenoxy) is 3. The summed E-state index contributed by atoms with van der Waals surface area (Å²) in [6.07, 6.45) is 8.97. The summed E-state index contributed by atoms with van der Waals surface area (Å²) in [4.78, 5) is 14.0. The third-order valence-corrected chi connectivity index (χ3v) is 14.2. The summed E-state index contributed by atoms with van der Waals surface area (Å²) in [6, 6.07) is 31.4. The number of carbonyl (C=O) groups is 1. The largest absolute Gasteiger partial charge is 0.871 e. The van der Waals surface area contributed by atoms with Crippen molar-refractivity contribution in [2.24, 2.45) is 11.8 Å². The van der Waals surface area contributed by atoms with Crippen LogP contribution in [0.1, 0.15) is 68.4 Å². The SMILES string of the molecule is CC(C)CCOCc1ccccc1C1=CC(=CC2=C([O-])C(=Cc3cc(-c4ccc(Br)c(Br)c4)[o+]c(-c4ccccc4COCCC(C)C)c3)C2=O)C=C(c2ccc(Br)c(Br)c2)O1. The molecule has 0 saturated carbocycles. The second kappa shape index (κ2) is 21.0. The highest BCUT2D eigenvalue weighted by atomic mass is 79.9. The maximum Gasteiger partial charge on any atom is 0.361 e. The molecular weight excluding hydrogens is 1040 g/mol. The minimum absolute atomic E-state index is 0.100. The van der Waals surface area contributed by atoms with Crippen molar-refractivity contribution in [3.8, 4) is 22.6 Å². The Labute approximate surface area is 397 Å². The summed E-state index contributed by atoms with van der Waals surface area (Å²) in [5, 5.41) is 14.0. The molecule has 0 bridgehead atoms. The molecule has 1 aliphatic carbocycles. The van der Waals surface area contributed by atoms with Crippen LogP contribution in [0.5, 0.6) is 0 Å². The average Bonchev–Trinajstić information content (AvgIpc) is 3.26. The highest BCUT2D eigenvalue weighted by Gasteiger charge is 2.29. The van der Waals surface area contributed by atoms with E-state index in [9.17, 15) is 9.90 Å². The number of hydrogen-bond donors (Lipinski definition) is 0. The standard InChI is InChI=1S/C52H46Br4O6/c1-31(2)17-19-59-29-37-9-5-7-11-39(37)49-25-33(23-47(61-49)35-13-15-43(53)45(55)27-35)21-41-51(57)42(52(41)58)22-34-24-48(36-14-16-44(54)46(56)28-36)62-50(26-34)40-12-8-6-10-38(40)30-60-20-18-32(3)4/h5-16,21-28,31-32H,17-20,29-30H2,1-4H3. The Kier molecular flexibility index (Phi) is 15.5. The second-order valence-corrected chi connectivity index (χ2v) is 19.5. The van der Waals surface area contributed by atoms with E-state index in [4.69, 9.17) is 18.6 Å². The first-order chi connectivity index (χ1) is 29.8. The molecule has 7 rings (SSSR count). The summed E-state index contributed by atoms with van der Waals surface area (Å²) in [5.74, 6) is 2.73. The Bertz CT molecular complexity index is 2650. The quantitative estimate of drug-likeness (QED) is 0.0556. The number of halogens is 4. The molecule has 0 radical (unpaired) electrons. The van der Waals surface area contributed by atoms with Crippen LogP contribution in [0.15, 0.2) is 160 Å². The number of carbonyl (C=O) groups excluding carboxylic acids is 1. The van der Waals surface area contributed by atoms with Gasteiger partial charge < -0.3 is 19.3 Å². The van der Waals surface area contributed by atoms with Crippen molar-refractivity contribution in [2.45, 2.75) is 53.8 Å². The summed E-state index contributed by atoms with van der Waals surface area (Å²) >= 11 is 14.4. The van der Waals surface area contributed by atoms with Gasteiger partial charge in [0.25, 0.3) is 0 Å². The van der Waals surface area contributed by atoms with Crippen LogP contribution in [0.4, 0.5) is 0 Å². The molecule has 0 saturated heterocycles. The fraction of sp³-hybridized carbons (Fsp3) is 0.231. The summed E-state index contributed by atoms with van der Waals surface area (Å²) < 4.78 is 28.9. The number of allylic oxidation sites excluding steroid dienone is 6. The van der Waals surface area contributed by atoms with Crippen LogP contribution in [-0.4, -0.2) is 19.0 Å². The maximum atomic E-state index is 14.0. The first-order valence-corrected chi connectivity index (χ1v) is 23.7. The topological polar surface area (TPSA) is 79.1 Å². The van der Waals surface area contributed by atoms with E-state index in [0.717, 1.165) is 64.1 Å². The Balaban J connectivity index is 1.27. The van der Waals surface area contributed by atoms with Gasteiger partial charge in [0.05, 0.1) is 36.5 Å². The van der Waals surface area contributed by atoms with E-state index < -0.39 is 0 Å². The Morgan fingerprint density at radius 3 is 1.81 bits per heavy atom. The lowest BCUT2D eigenvalue weighted by Crippen LogP contribution is -2.29. The van der Waals surface area contributed by atoms with Crippen molar-refractivity contribution in [2.75, 3.05) is 13.2 Å². The third kappa shape index (κ3) is 11.3. The fourth-order valence-electron chi connectivity index (χ4n) is 6.86. The van der Waals surface area contributed by atoms with Gasteiger partial charge in [0.1, 0.15) is 11.5 Å². The molecule has 0 N–H and O–H groups in total. The number of Topliss-reactive ketones (excluding diaryl/α,β-unsaturated/α-hetero) is 1. The molecule has 4 aromatic carbocycles. The van der Waals surface area contributed by atoms with Crippen molar-refractivity contribution < 1.29 is 28.5 Å². The van der Waals surface area contributed by atoms with Crippen LogP contribution in [0.25, 0.3) is 40.2 Å². The Morgan fingerprint density at radius 1 is 0.645 bits per heavy atom. The van der Waals surface area contributed by atoms with Gasteiger partial charge in [-0.25, -0.2) is 4.42 Å². The first-order valence-electron chi connectivity index (χ1n) is 20.6. The van der Waals surface area contributed by atoms with Crippen LogP contribution < -0.4 is 5.11 Å². The van der Waals surface area contributed by atoms with E-state index in [1.165, 1.54) is 0 Å². The van der Waals surface area contributed by atoms with Crippen molar-refractivity contribution in [3.63, 3.8) is 0 Å². The molecular formula is C52H46Br4O6. The van der Waals surface area contributed by atoms with Gasteiger partial charge in [0, 0.05) is 53.4 Å². The van der Waals surface area contributed by atoms with E-state index >= 15 is 0 Å². The van der Waals surface area contributed by atoms with Crippen molar-refractivity contribution in [1.29, 1.82) is 0 Å². The maximum absolute atomic E-state index is 14.0. The molecule has 0 spiro atoms. The zero-order chi connectivity index (χ0) is 43.9. The van der Waals surface area contributed by atoms with Gasteiger partial charge in [-0.2, -0.15) is 0 Å². The Hall–Kier alpha value is -4.16. The van der Waals surface area contributed by atoms with E-state index in [0.29, 0.717) is 72.4 Å². The van der Waals surface area contributed by atoms with Crippen molar-refractivity contribution in [3.05, 3.63) is 183 Å². The molecule has 1 aliphatic heterocycles. The summed E-state index contributed by atoms with van der Waals surface area (Å²) in [6.45, 7) is 10.8. The van der Waals surface area contributed by atoms with E-state index in [2.05, 4.69) is 91.4 Å². The number of ketones is 1. The summed E-state index contributed by atoms with van der Waals surface area (Å²) in [5.41, 5.74) is 6.83. The van der Waals surface area contributed by atoms with Crippen LogP contribution in [0.3, 0.4) is 0 Å². The molecule has 62 heavy (non-hydrogen) atoms. The zero-order valence-corrected chi connectivity index (χ0v) is 41.2. The molecule has 6 nitrogen and oxygen atoms in total. The van der Waals surface area contributed by atoms with E-state index in [1.807, 2.05) is 109 Å². The molecule has 0 unspecified atom stereocenters. The van der Waals surface area contributed by atoms with Crippen molar-refractivity contribution in [1.82, 2.24) is 0 Å². The molecule has 2 aliphatic rings. The van der Waals surface area contributed by atoms with Crippen molar-refractivity contribution >= 4 is 87.1 Å². The second-order valence-electron chi connectivity index (χ2n) is 16.1. The van der Waals surface area contributed by atoms with E-state index in [-0.39, 0.29) is 22.7 Å². The van der Waals surface area contributed by atoms with Gasteiger partial charge in [-0.15, -0.1) is 0 Å².